The van der Waals surface area contributed by atoms with E-state index in [4.69, 9.17) is 5.73 Å². The lowest BCUT2D eigenvalue weighted by atomic mass is 9.95. The Hall–Kier alpha value is -1.52. The third kappa shape index (κ3) is 1.56. The Morgan fingerprint density at radius 1 is 1.50 bits per heavy atom. The number of nitrogens with two attached hydrogens (primary N) is 1. The molecule has 1 heterocycles. The predicted molar refractivity (Wildman–Crippen MR) is 59.7 cm³/mol. The van der Waals surface area contributed by atoms with Gasteiger partial charge in [0.1, 0.15) is 11.5 Å². The number of aromatic amines is 1. The fourth-order valence-electron chi connectivity index (χ4n) is 3.12. The van der Waals surface area contributed by atoms with Gasteiger partial charge in [-0.1, -0.05) is 6.42 Å². The molecular weight excluding hydrogens is 204 g/mol. The highest BCUT2D eigenvalue weighted by Gasteiger charge is 2.40. The Balaban J connectivity index is 1.65. The van der Waals surface area contributed by atoms with E-state index >= 15 is 0 Å². The monoisotopic (exact) mass is 220 g/mol. The SMILES string of the molecule is Nc1cc(C(=O)N[C@H]2C[C@H]3CC[C@@H]2C3)[nH]n1. The topological polar surface area (TPSA) is 83.8 Å². The zero-order valence-electron chi connectivity index (χ0n) is 9.07. The maximum absolute atomic E-state index is 11.9. The van der Waals surface area contributed by atoms with Crippen molar-refractivity contribution in [1.82, 2.24) is 15.5 Å². The standard InChI is InChI=1S/C11H16N4O/c12-10-5-9(14-15-10)11(16)13-8-4-6-1-2-7(8)3-6/h5-8H,1-4H2,(H,13,16)(H3,12,14,15)/t6-,7+,8-/m0/s1. The predicted octanol–water partition coefficient (Wildman–Crippen LogP) is 0.910. The second-order valence-corrected chi connectivity index (χ2v) is 4.96. The van der Waals surface area contributed by atoms with Crippen LogP contribution < -0.4 is 11.1 Å². The lowest BCUT2D eigenvalue weighted by molar-refractivity contribution is 0.0918. The summed E-state index contributed by atoms with van der Waals surface area (Å²) in [4.78, 5) is 11.9. The van der Waals surface area contributed by atoms with Crippen molar-refractivity contribution in [3.05, 3.63) is 11.8 Å². The van der Waals surface area contributed by atoms with Crippen molar-refractivity contribution >= 4 is 11.7 Å². The number of nitrogen functional groups attached to an aromatic ring is 1. The minimum Gasteiger partial charge on any atom is -0.382 e. The van der Waals surface area contributed by atoms with Crippen LogP contribution >= 0.6 is 0 Å². The van der Waals surface area contributed by atoms with Crippen LogP contribution in [-0.2, 0) is 0 Å². The van der Waals surface area contributed by atoms with Crippen molar-refractivity contribution in [2.45, 2.75) is 31.7 Å². The molecule has 1 aromatic heterocycles. The van der Waals surface area contributed by atoms with Gasteiger partial charge in [0.15, 0.2) is 0 Å². The highest BCUT2D eigenvalue weighted by Crippen LogP contribution is 2.44. The van der Waals surface area contributed by atoms with Crippen LogP contribution in [0.3, 0.4) is 0 Å². The molecule has 4 N–H and O–H groups in total. The molecule has 16 heavy (non-hydrogen) atoms. The zero-order valence-corrected chi connectivity index (χ0v) is 9.07. The van der Waals surface area contributed by atoms with E-state index in [1.807, 2.05) is 0 Å². The van der Waals surface area contributed by atoms with E-state index in [-0.39, 0.29) is 5.91 Å². The Labute approximate surface area is 93.8 Å². The summed E-state index contributed by atoms with van der Waals surface area (Å²) in [6.45, 7) is 0. The fourth-order valence-corrected chi connectivity index (χ4v) is 3.12. The number of fused-ring (bicyclic) bond motifs is 2. The van der Waals surface area contributed by atoms with E-state index in [0.717, 1.165) is 12.3 Å². The summed E-state index contributed by atoms with van der Waals surface area (Å²) in [6, 6.07) is 1.93. The molecule has 0 saturated heterocycles. The first-order valence-electron chi connectivity index (χ1n) is 5.84. The van der Waals surface area contributed by atoms with Crippen LogP contribution in [0.25, 0.3) is 0 Å². The number of carbonyl (C=O) groups is 1. The van der Waals surface area contributed by atoms with Gasteiger partial charge in [-0.3, -0.25) is 9.89 Å². The molecule has 2 aliphatic carbocycles. The number of rotatable bonds is 2. The van der Waals surface area contributed by atoms with Gasteiger partial charge in [0.25, 0.3) is 5.91 Å². The number of hydrogen-bond donors (Lipinski definition) is 3. The molecule has 0 unspecified atom stereocenters. The molecule has 0 radical (unpaired) electrons. The van der Waals surface area contributed by atoms with Crippen LogP contribution in [-0.4, -0.2) is 22.1 Å². The number of anilines is 1. The first-order valence-corrected chi connectivity index (χ1v) is 5.84. The van der Waals surface area contributed by atoms with Gasteiger partial charge in [0.05, 0.1) is 0 Å². The number of nitrogens with one attached hydrogen (secondary N) is 2. The minimum atomic E-state index is -0.0817. The van der Waals surface area contributed by atoms with Gasteiger partial charge in [0.2, 0.25) is 0 Å². The number of amides is 1. The van der Waals surface area contributed by atoms with Crippen molar-refractivity contribution in [3.63, 3.8) is 0 Å². The number of hydrogen-bond acceptors (Lipinski definition) is 3. The van der Waals surface area contributed by atoms with Crippen molar-refractivity contribution < 1.29 is 4.79 Å². The molecule has 2 saturated carbocycles. The summed E-state index contributed by atoms with van der Waals surface area (Å²) in [5.74, 6) is 1.80. The van der Waals surface area contributed by atoms with Crippen LogP contribution in [0.4, 0.5) is 5.82 Å². The lowest BCUT2D eigenvalue weighted by Crippen LogP contribution is -2.38. The van der Waals surface area contributed by atoms with Gasteiger partial charge in [-0.2, -0.15) is 5.10 Å². The van der Waals surface area contributed by atoms with E-state index in [1.165, 1.54) is 19.3 Å². The third-order valence-electron chi connectivity index (χ3n) is 3.90. The molecule has 3 rings (SSSR count). The Morgan fingerprint density at radius 3 is 2.94 bits per heavy atom. The van der Waals surface area contributed by atoms with Crippen LogP contribution in [0.5, 0.6) is 0 Å². The van der Waals surface area contributed by atoms with E-state index in [1.54, 1.807) is 6.07 Å². The molecule has 5 nitrogen and oxygen atoms in total. The van der Waals surface area contributed by atoms with E-state index in [2.05, 4.69) is 15.5 Å². The third-order valence-corrected chi connectivity index (χ3v) is 3.90. The van der Waals surface area contributed by atoms with E-state index < -0.39 is 0 Å². The van der Waals surface area contributed by atoms with Crippen LogP contribution in [0.15, 0.2) is 6.07 Å². The second-order valence-electron chi connectivity index (χ2n) is 4.96. The summed E-state index contributed by atoms with van der Waals surface area (Å²) in [6.07, 6.45) is 5.03. The normalized spacial score (nSPS) is 31.9. The van der Waals surface area contributed by atoms with Gasteiger partial charge < -0.3 is 11.1 Å². The van der Waals surface area contributed by atoms with E-state index in [9.17, 15) is 4.79 Å². The maximum Gasteiger partial charge on any atom is 0.269 e. The number of aromatic nitrogens is 2. The van der Waals surface area contributed by atoms with Crippen LogP contribution in [0.2, 0.25) is 0 Å². The van der Waals surface area contributed by atoms with Crippen molar-refractivity contribution in [2.24, 2.45) is 11.8 Å². The molecule has 5 heteroatoms. The van der Waals surface area contributed by atoms with E-state index in [0.29, 0.717) is 23.5 Å². The molecule has 86 valence electrons. The molecule has 2 aliphatic rings. The Morgan fingerprint density at radius 2 is 2.38 bits per heavy atom. The second kappa shape index (κ2) is 3.50. The summed E-state index contributed by atoms with van der Waals surface area (Å²) in [7, 11) is 0. The zero-order chi connectivity index (χ0) is 11.1. The van der Waals surface area contributed by atoms with Crippen molar-refractivity contribution in [1.29, 1.82) is 0 Å². The largest absolute Gasteiger partial charge is 0.382 e. The summed E-state index contributed by atoms with van der Waals surface area (Å²) >= 11 is 0. The molecule has 1 aromatic rings. The molecule has 1 amide bonds. The smallest absolute Gasteiger partial charge is 0.269 e. The minimum absolute atomic E-state index is 0.0817. The maximum atomic E-state index is 11.9. The van der Waals surface area contributed by atoms with Gasteiger partial charge in [0, 0.05) is 12.1 Å². The number of nitrogens with zero attached hydrogens (tertiary/aromatic N) is 1. The summed E-state index contributed by atoms with van der Waals surface area (Å²) < 4.78 is 0. The molecule has 3 atom stereocenters. The average molecular weight is 220 g/mol. The molecule has 0 spiro atoms. The van der Waals surface area contributed by atoms with Crippen molar-refractivity contribution in [3.8, 4) is 0 Å². The molecular formula is C11H16N4O. The average Bonchev–Trinajstić information content (AvgIpc) is 2.92. The highest BCUT2D eigenvalue weighted by molar-refractivity contribution is 5.93. The first kappa shape index (κ1) is 9.69. The molecule has 0 aliphatic heterocycles. The first-order chi connectivity index (χ1) is 7.72. The summed E-state index contributed by atoms with van der Waals surface area (Å²) in [5, 5.41) is 9.46. The molecule has 2 bridgehead atoms. The number of carbonyl (C=O) groups excluding carboxylic acids is 1. The molecule has 2 fully saturated rings. The van der Waals surface area contributed by atoms with Gasteiger partial charge in [-0.05, 0) is 31.1 Å². The van der Waals surface area contributed by atoms with Gasteiger partial charge in [-0.15, -0.1) is 0 Å². The Bertz CT molecular complexity index is 414. The van der Waals surface area contributed by atoms with Crippen LogP contribution in [0, 0.1) is 11.8 Å². The molecule has 0 aromatic carbocycles. The Kier molecular flexibility index (Phi) is 2.12. The fraction of sp³-hybridized carbons (Fsp3) is 0.636. The van der Waals surface area contributed by atoms with Gasteiger partial charge >= 0.3 is 0 Å². The van der Waals surface area contributed by atoms with Crippen LogP contribution in [0.1, 0.15) is 36.2 Å². The highest BCUT2D eigenvalue weighted by atomic mass is 16.2. The number of H-pyrrole nitrogens is 1. The van der Waals surface area contributed by atoms with Gasteiger partial charge in [-0.25, -0.2) is 0 Å². The van der Waals surface area contributed by atoms with Crippen molar-refractivity contribution in [2.75, 3.05) is 5.73 Å². The quantitative estimate of drug-likeness (QED) is 0.692. The lowest BCUT2D eigenvalue weighted by Gasteiger charge is -2.22. The summed E-state index contributed by atoms with van der Waals surface area (Å²) in [5.41, 5.74) is 5.92.